The maximum absolute atomic E-state index is 9.30. The van der Waals surface area contributed by atoms with E-state index in [2.05, 4.69) is 5.32 Å². The molecule has 0 aromatic carbocycles. The van der Waals surface area contributed by atoms with Crippen LogP contribution in [-0.2, 0) is 9.47 Å². The Bertz CT molecular complexity index is 120. The highest BCUT2D eigenvalue weighted by Crippen LogP contribution is 1.90. The first-order valence-corrected chi connectivity index (χ1v) is 5.16. The van der Waals surface area contributed by atoms with Crippen LogP contribution < -0.4 is 5.32 Å². The first-order valence-electron chi connectivity index (χ1n) is 5.16. The van der Waals surface area contributed by atoms with Crippen molar-refractivity contribution in [3.63, 3.8) is 0 Å². The molecule has 0 saturated heterocycles. The molecule has 1 atom stereocenters. The standard InChI is InChI=1S/C10H23NO3/c1-9(2)14-7-6-11-5-4-10(12)8-13-3/h9-12H,4-8H2,1-3H3. The van der Waals surface area contributed by atoms with Gasteiger partial charge in [0.15, 0.2) is 0 Å². The summed E-state index contributed by atoms with van der Waals surface area (Å²) in [6.45, 7) is 6.79. The van der Waals surface area contributed by atoms with Crippen LogP contribution in [0.15, 0.2) is 0 Å². The zero-order valence-electron chi connectivity index (χ0n) is 9.45. The van der Waals surface area contributed by atoms with Gasteiger partial charge in [-0.05, 0) is 26.8 Å². The van der Waals surface area contributed by atoms with Crippen LogP contribution in [0.4, 0.5) is 0 Å². The van der Waals surface area contributed by atoms with Gasteiger partial charge in [0.25, 0.3) is 0 Å². The van der Waals surface area contributed by atoms with Gasteiger partial charge in [-0.1, -0.05) is 0 Å². The molecular formula is C10H23NO3. The second-order valence-corrected chi connectivity index (χ2v) is 3.57. The summed E-state index contributed by atoms with van der Waals surface area (Å²) in [6.07, 6.45) is 0.643. The van der Waals surface area contributed by atoms with E-state index in [4.69, 9.17) is 9.47 Å². The Morgan fingerprint density at radius 3 is 2.57 bits per heavy atom. The summed E-state index contributed by atoms with van der Waals surface area (Å²) >= 11 is 0. The molecule has 86 valence electrons. The van der Waals surface area contributed by atoms with Crippen LogP contribution in [0.2, 0.25) is 0 Å². The van der Waals surface area contributed by atoms with E-state index < -0.39 is 0 Å². The highest BCUT2D eigenvalue weighted by atomic mass is 16.5. The van der Waals surface area contributed by atoms with E-state index in [0.29, 0.717) is 6.61 Å². The molecule has 0 bridgehead atoms. The van der Waals surface area contributed by atoms with E-state index in [-0.39, 0.29) is 12.2 Å². The van der Waals surface area contributed by atoms with Gasteiger partial charge in [0.05, 0.1) is 25.4 Å². The molecule has 0 aliphatic rings. The van der Waals surface area contributed by atoms with E-state index in [1.54, 1.807) is 7.11 Å². The molecule has 0 heterocycles. The van der Waals surface area contributed by atoms with Gasteiger partial charge < -0.3 is 19.9 Å². The van der Waals surface area contributed by atoms with Crippen LogP contribution in [0.3, 0.4) is 0 Å². The molecule has 4 heteroatoms. The van der Waals surface area contributed by atoms with Crippen molar-refractivity contribution >= 4 is 0 Å². The first-order chi connectivity index (χ1) is 6.66. The molecular weight excluding hydrogens is 182 g/mol. The van der Waals surface area contributed by atoms with Crippen molar-refractivity contribution in [2.45, 2.75) is 32.5 Å². The van der Waals surface area contributed by atoms with Gasteiger partial charge in [-0.3, -0.25) is 0 Å². The van der Waals surface area contributed by atoms with Crippen LogP contribution in [0.25, 0.3) is 0 Å². The third kappa shape index (κ3) is 9.92. The molecule has 14 heavy (non-hydrogen) atoms. The first kappa shape index (κ1) is 13.8. The normalized spacial score (nSPS) is 13.5. The molecule has 4 nitrogen and oxygen atoms in total. The average Bonchev–Trinajstić information content (AvgIpc) is 2.11. The summed E-state index contributed by atoms with van der Waals surface area (Å²) in [5, 5.41) is 12.5. The van der Waals surface area contributed by atoms with Crippen molar-refractivity contribution < 1.29 is 14.6 Å². The predicted molar refractivity (Wildman–Crippen MR) is 56.5 cm³/mol. The van der Waals surface area contributed by atoms with Gasteiger partial charge >= 0.3 is 0 Å². The zero-order valence-corrected chi connectivity index (χ0v) is 9.45. The number of hydrogen-bond acceptors (Lipinski definition) is 4. The summed E-state index contributed by atoms with van der Waals surface area (Å²) in [7, 11) is 1.59. The number of aliphatic hydroxyl groups excluding tert-OH is 1. The Labute approximate surface area is 86.6 Å². The van der Waals surface area contributed by atoms with E-state index in [1.807, 2.05) is 13.8 Å². The number of hydrogen-bond donors (Lipinski definition) is 2. The van der Waals surface area contributed by atoms with Crippen LogP contribution in [0.5, 0.6) is 0 Å². The van der Waals surface area contributed by atoms with E-state index in [9.17, 15) is 5.11 Å². The minimum absolute atomic E-state index is 0.288. The minimum atomic E-state index is -0.362. The molecule has 0 aliphatic heterocycles. The summed E-state index contributed by atoms with van der Waals surface area (Å²) in [5.74, 6) is 0. The van der Waals surface area contributed by atoms with Gasteiger partial charge in [0, 0.05) is 13.7 Å². The Kier molecular flexibility index (Phi) is 9.29. The van der Waals surface area contributed by atoms with Gasteiger partial charge in [0.2, 0.25) is 0 Å². The highest BCUT2D eigenvalue weighted by Gasteiger charge is 2.01. The Morgan fingerprint density at radius 2 is 2.00 bits per heavy atom. The van der Waals surface area contributed by atoms with Crippen LogP contribution in [0, 0.1) is 0 Å². The lowest BCUT2D eigenvalue weighted by Gasteiger charge is -2.11. The number of nitrogens with one attached hydrogen (secondary N) is 1. The maximum atomic E-state index is 9.30. The number of rotatable bonds is 9. The molecule has 0 rings (SSSR count). The van der Waals surface area contributed by atoms with Crippen molar-refractivity contribution in [3.8, 4) is 0 Å². The van der Waals surface area contributed by atoms with Gasteiger partial charge in [-0.2, -0.15) is 0 Å². The largest absolute Gasteiger partial charge is 0.391 e. The average molecular weight is 205 g/mol. The Hall–Kier alpha value is -0.160. The van der Waals surface area contributed by atoms with E-state index >= 15 is 0 Å². The van der Waals surface area contributed by atoms with Crippen molar-refractivity contribution in [1.82, 2.24) is 5.32 Å². The molecule has 0 radical (unpaired) electrons. The topological polar surface area (TPSA) is 50.7 Å². The molecule has 1 unspecified atom stereocenters. The van der Waals surface area contributed by atoms with Crippen molar-refractivity contribution in [3.05, 3.63) is 0 Å². The quantitative estimate of drug-likeness (QED) is 0.535. The minimum Gasteiger partial charge on any atom is -0.391 e. The summed E-state index contributed by atoms with van der Waals surface area (Å²) in [6, 6.07) is 0. The summed E-state index contributed by atoms with van der Waals surface area (Å²) in [4.78, 5) is 0. The monoisotopic (exact) mass is 205 g/mol. The smallest absolute Gasteiger partial charge is 0.0785 e. The fourth-order valence-electron chi connectivity index (χ4n) is 1.04. The van der Waals surface area contributed by atoms with Crippen molar-refractivity contribution in [1.29, 1.82) is 0 Å². The van der Waals surface area contributed by atoms with Crippen molar-refractivity contribution in [2.75, 3.05) is 33.4 Å². The third-order valence-electron chi connectivity index (χ3n) is 1.74. The lowest BCUT2D eigenvalue weighted by atomic mass is 10.3. The van der Waals surface area contributed by atoms with E-state index in [0.717, 1.165) is 26.1 Å². The molecule has 0 aliphatic carbocycles. The lowest BCUT2D eigenvalue weighted by Crippen LogP contribution is -2.26. The van der Waals surface area contributed by atoms with E-state index in [1.165, 1.54) is 0 Å². The molecule has 0 saturated carbocycles. The van der Waals surface area contributed by atoms with Gasteiger partial charge in [-0.15, -0.1) is 0 Å². The Balaban J connectivity index is 3.05. The number of ether oxygens (including phenoxy) is 2. The van der Waals surface area contributed by atoms with Crippen LogP contribution in [-0.4, -0.2) is 50.7 Å². The summed E-state index contributed by atoms with van der Waals surface area (Å²) < 4.78 is 10.2. The van der Waals surface area contributed by atoms with Gasteiger partial charge in [-0.25, -0.2) is 0 Å². The molecule has 0 aromatic rings. The second-order valence-electron chi connectivity index (χ2n) is 3.57. The van der Waals surface area contributed by atoms with Gasteiger partial charge in [0.1, 0.15) is 0 Å². The lowest BCUT2D eigenvalue weighted by molar-refractivity contribution is 0.0572. The number of aliphatic hydroxyl groups is 1. The molecule has 0 fully saturated rings. The fourth-order valence-corrected chi connectivity index (χ4v) is 1.04. The summed E-state index contributed by atoms with van der Waals surface area (Å²) in [5.41, 5.74) is 0. The second kappa shape index (κ2) is 9.40. The van der Waals surface area contributed by atoms with Crippen LogP contribution in [0.1, 0.15) is 20.3 Å². The molecule has 0 aromatic heterocycles. The molecule has 2 N–H and O–H groups in total. The van der Waals surface area contributed by atoms with Crippen LogP contribution >= 0.6 is 0 Å². The molecule has 0 spiro atoms. The maximum Gasteiger partial charge on any atom is 0.0785 e. The Morgan fingerprint density at radius 1 is 1.29 bits per heavy atom. The predicted octanol–water partition coefficient (Wildman–Crippen LogP) is 0.398. The fraction of sp³-hybridized carbons (Fsp3) is 1.00. The molecule has 0 amide bonds. The SMILES string of the molecule is COCC(O)CCNCCOC(C)C. The highest BCUT2D eigenvalue weighted by molar-refractivity contribution is 4.56. The third-order valence-corrected chi connectivity index (χ3v) is 1.74. The van der Waals surface area contributed by atoms with Crippen molar-refractivity contribution in [2.24, 2.45) is 0 Å². The number of methoxy groups -OCH3 is 1. The zero-order chi connectivity index (χ0) is 10.8.